The van der Waals surface area contributed by atoms with Crippen LogP contribution in [0, 0.1) is 5.92 Å². The van der Waals surface area contributed by atoms with Crippen LogP contribution in [0.1, 0.15) is 32.6 Å². The normalized spacial score (nSPS) is 26.5. The van der Waals surface area contributed by atoms with Crippen LogP contribution in [0.2, 0.25) is 0 Å². The molecule has 4 nitrogen and oxygen atoms in total. The van der Waals surface area contributed by atoms with Crippen LogP contribution < -0.4 is 5.32 Å². The van der Waals surface area contributed by atoms with E-state index in [4.69, 9.17) is 5.11 Å². The lowest BCUT2D eigenvalue weighted by molar-refractivity contribution is -0.131. The van der Waals surface area contributed by atoms with Crippen LogP contribution in [-0.2, 0) is 9.59 Å². The van der Waals surface area contributed by atoms with E-state index in [9.17, 15) is 9.59 Å². The lowest BCUT2D eigenvalue weighted by atomic mass is 9.86. The summed E-state index contributed by atoms with van der Waals surface area (Å²) in [7, 11) is 0. The molecule has 0 saturated heterocycles. The fraction of sp³-hybridized carbons (Fsp3) is 0.636. The average molecular weight is 211 g/mol. The third-order valence-electron chi connectivity index (χ3n) is 2.82. The number of hydrogen-bond donors (Lipinski definition) is 2. The standard InChI is InChI=1S/C11H17NO3/c1-8-4-2-3-5-9(8)12-10(13)6-7-11(14)15/h6-9H,2-5H2,1H3,(H,12,13)(H,14,15). The largest absolute Gasteiger partial charge is 0.478 e. The molecular weight excluding hydrogens is 194 g/mol. The molecule has 0 aromatic rings. The minimum absolute atomic E-state index is 0.199. The summed E-state index contributed by atoms with van der Waals surface area (Å²) in [4.78, 5) is 21.5. The van der Waals surface area contributed by atoms with Gasteiger partial charge in [-0.05, 0) is 18.8 Å². The van der Waals surface area contributed by atoms with Crippen molar-refractivity contribution in [1.29, 1.82) is 0 Å². The van der Waals surface area contributed by atoms with Crippen LogP contribution in [0.4, 0.5) is 0 Å². The van der Waals surface area contributed by atoms with Crippen molar-refractivity contribution in [2.45, 2.75) is 38.6 Å². The number of aliphatic carboxylic acids is 1. The van der Waals surface area contributed by atoms with Crippen LogP contribution in [0.25, 0.3) is 0 Å². The fourth-order valence-corrected chi connectivity index (χ4v) is 1.91. The Kier molecular flexibility index (Phi) is 4.34. The predicted molar refractivity (Wildman–Crippen MR) is 56.3 cm³/mol. The van der Waals surface area contributed by atoms with Gasteiger partial charge >= 0.3 is 5.97 Å². The first-order valence-corrected chi connectivity index (χ1v) is 5.31. The Bertz CT molecular complexity index is 273. The van der Waals surface area contributed by atoms with Crippen LogP contribution in [-0.4, -0.2) is 23.0 Å². The summed E-state index contributed by atoms with van der Waals surface area (Å²) in [5.41, 5.74) is 0. The van der Waals surface area contributed by atoms with Gasteiger partial charge in [0.1, 0.15) is 0 Å². The summed E-state index contributed by atoms with van der Waals surface area (Å²) < 4.78 is 0. The molecule has 1 aliphatic carbocycles. The Morgan fingerprint density at radius 1 is 1.27 bits per heavy atom. The first kappa shape index (κ1) is 11.8. The van der Waals surface area contributed by atoms with Crippen molar-refractivity contribution >= 4 is 11.9 Å². The molecule has 1 rings (SSSR count). The lowest BCUT2D eigenvalue weighted by Crippen LogP contribution is -2.40. The van der Waals surface area contributed by atoms with Gasteiger partial charge in [-0.25, -0.2) is 4.79 Å². The van der Waals surface area contributed by atoms with E-state index in [0.29, 0.717) is 5.92 Å². The molecule has 1 fully saturated rings. The van der Waals surface area contributed by atoms with Gasteiger partial charge in [0.25, 0.3) is 0 Å². The van der Waals surface area contributed by atoms with Gasteiger partial charge in [0.05, 0.1) is 0 Å². The highest BCUT2D eigenvalue weighted by Gasteiger charge is 2.21. The van der Waals surface area contributed by atoms with Gasteiger partial charge in [-0.1, -0.05) is 19.8 Å². The molecule has 84 valence electrons. The maximum Gasteiger partial charge on any atom is 0.328 e. The Morgan fingerprint density at radius 3 is 2.53 bits per heavy atom. The fourth-order valence-electron chi connectivity index (χ4n) is 1.91. The second-order valence-corrected chi connectivity index (χ2v) is 4.05. The number of nitrogens with one attached hydrogen (secondary N) is 1. The first-order valence-electron chi connectivity index (χ1n) is 5.31. The summed E-state index contributed by atoms with van der Waals surface area (Å²) in [6.07, 6.45) is 6.42. The topological polar surface area (TPSA) is 66.4 Å². The lowest BCUT2D eigenvalue weighted by Gasteiger charge is -2.28. The highest BCUT2D eigenvalue weighted by Crippen LogP contribution is 2.23. The van der Waals surface area contributed by atoms with E-state index in [-0.39, 0.29) is 11.9 Å². The van der Waals surface area contributed by atoms with Crippen molar-refractivity contribution in [1.82, 2.24) is 5.32 Å². The molecule has 2 unspecified atom stereocenters. The molecule has 2 atom stereocenters. The maximum absolute atomic E-state index is 11.3. The Labute approximate surface area is 89.4 Å². The van der Waals surface area contributed by atoms with Gasteiger partial charge in [0.15, 0.2) is 0 Å². The summed E-state index contributed by atoms with van der Waals surface area (Å²) in [6, 6.07) is 0.199. The van der Waals surface area contributed by atoms with E-state index >= 15 is 0 Å². The molecule has 2 N–H and O–H groups in total. The summed E-state index contributed by atoms with van der Waals surface area (Å²) in [5.74, 6) is -0.918. The zero-order valence-electron chi connectivity index (χ0n) is 8.90. The second kappa shape index (κ2) is 5.53. The van der Waals surface area contributed by atoms with E-state index in [1.807, 2.05) is 0 Å². The van der Waals surface area contributed by atoms with Crippen molar-refractivity contribution in [2.75, 3.05) is 0 Å². The van der Waals surface area contributed by atoms with Crippen LogP contribution >= 0.6 is 0 Å². The van der Waals surface area contributed by atoms with Crippen molar-refractivity contribution in [3.63, 3.8) is 0 Å². The molecule has 0 bridgehead atoms. The Hall–Kier alpha value is -1.32. The van der Waals surface area contributed by atoms with E-state index < -0.39 is 5.97 Å². The molecule has 0 spiro atoms. The highest BCUT2D eigenvalue weighted by atomic mass is 16.4. The highest BCUT2D eigenvalue weighted by molar-refractivity contribution is 5.93. The quantitative estimate of drug-likeness (QED) is 0.692. The molecule has 1 amide bonds. The number of carboxylic acids is 1. The minimum atomic E-state index is -1.10. The smallest absolute Gasteiger partial charge is 0.328 e. The number of carboxylic acid groups (broad SMARTS) is 1. The van der Waals surface area contributed by atoms with Crippen molar-refractivity contribution in [3.8, 4) is 0 Å². The summed E-state index contributed by atoms with van der Waals surface area (Å²) in [5, 5.41) is 11.2. The molecule has 15 heavy (non-hydrogen) atoms. The van der Waals surface area contributed by atoms with Crippen LogP contribution in [0.5, 0.6) is 0 Å². The van der Waals surface area contributed by atoms with Gasteiger partial charge in [0, 0.05) is 18.2 Å². The number of amides is 1. The van der Waals surface area contributed by atoms with Gasteiger partial charge in [-0.15, -0.1) is 0 Å². The zero-order valence-corrected chi connectivity index (χ0v) is 8.90. The molecule has 0 aliphatic heterocycles. The van der Waals surface area contributed by atoms with E-state index in [0.717, 1.165) is 31.4 Å². The summed E-state index contributed by atoms with van der Waals surface area (Å²) in [6.45, 7) is 2.12. The maximum atomic E-state index is 11.3. The monoisotopic (exact) mass is 211 g/mol. The summed E-state index contributed by atoms with van der Waals surface area (Å²) >= 11 is 0. The Morgan fingerprint density at radius 2 is 1.93 bits per heavy atom. The third kappa shape index (κ3) is 4.14. The minimum Gasteiger partial charge on any atom is -0.478 e. The van der Waals surface area contributed by atoms with E-state index in [2.05, 4.69) is 12.2 Å². The zero-order chi connectivity index (χ0) is 11.3. The number of carbonyl (C=O) groups excluding carboxylic acids is 1. The molecule has 0 radical (unpaired) electrons. The van der Waals surface area contributed by atoms with Gasteiger partial charge in [0.2, 0.25) is 5.91 Å². The number of carbonyl (C=O) groups is 2. The third-order valence-corrected chi connectivity index (χ3v) is 2.82. The van der Waals surface area contributed by atoms with Crippen LogP contribution in [0.3, 0.4) is 0 Å². The second-order valence-electron chi connectivity index (χ2n) is 4.05. The molecule has 0 aromatic carbocycles. The van der Waals surface area contributed by atoms with Gasteiger partial charge in [-0.2, -0.15) is 0 Å². The van der Waals surface area contributed by atoms with E-state index in [1.165, 1.54) is 6.42 Å². The van der Waals surface area contributed by atoms with Gasteiger partial charge in [-0.3, -0.25) is 4.79 Å². The predicted octanol–water partition coefficient (Wildman–Crippen LogP) is 1.32. The van der Waals surface area contributed by atoms with Crippen molar-refractivity contribution in [3.05, 3.63) is 12.2 Å². The molecule has 4 heteroatoms. The molecule has 1 saturated carbocycles. The molecular formula is C11H17NO3. The van der Waals surface area contributed by atoms with Crippen molar-refractivity contribution in [2.24, 2.45) is 5.92 Å². The molecule has 0 heterocycles. The van der Waals surface area contributed by atoms with Crippen molar-refractivity contribution < 1.29 is 14.7 Å². The number of hydrogen-bond acceptors (Lipinski definition) is 2. The van der Waals surface area contributed by atoms with E-state index in [1.54, 1.807) is 0 Å². The molecule has 0 aromatic heterocycles. The van der Waals surface area contributed by atoms with Gasteiger partial charge < -0.3 is 10.4 Å². The Balaban J connectivity index is 2.39. The van der Waals surface area contributed by atoms with Crippen LogP contribution in [0.15, 0.2) is 12.2 Å². The first-order chi connectivity index (χ1) is 7.09. The number of rotatable bonds is 3. The molecule has 1 aliphatic rings. The average Bonchev–Trinajstić information content (AvgIpc) is 2.18. The SMILES string of the molecule is CC1CCCCC1NC(=O)C=CC(=O)O.